The second kappa shape index (κ2) is 4.27. The lowest BCUT2D eigenvalue weighted by Gasteiger charge is -2.18. The van der Waals surface area contributed by atoms with Crippen molar-refractivity contribution in [2.45, 2.75) is 0 Å². The molecule has 0 saturated heterocycles. The summed E-state index contributed by atoms with van der Waals surface area (Å²) < 4.78 is 0. The summed E-state index contributed by atoms with van der Waals surface area (Å²) in [5.74, 6) is -1.82. The first-order valence-corrected chi connectivity index (χ1v) is 5.80. The molecule has 3 rings (SSSR count). The van der Waals surface area contributed by atoms with E-state index in [1.165, 1.54) is 30.4 Å². The first-order valence-electron chi connectivity index (χ1n) is 5.80. The SMILES string of the molecule is O=C1C=CC(=O)N1c1cccc(N2C(=O)C=CC2=O)c1. The van der Waals surface area contributed by atoms with Crippen molar-refractivity contribution in [2.24, 2.45) is 0 Å². The highest BCUT2D eigenvalue weighted by molar-refractivity contribution is 6.30. The van der Waals surface area contributed by atoms with E-state index in [1.54, 1.807) is 18.2 Å². The van der Waals surface area contributed by atoms with Crippen LogP contribution >= 0.6 is 0 Å². The molecule has 0 unspecified atom stereocenters. The molecule has 0 saturated carbocycles. The van der Waals surface area contributed by atoms with Crippen LogP contribution < -0.4 is 9.80 Å². The molecular weight excluding hydrogens is 260 g/mol. The zero-order valence-corrected chi connectivity index (χ0v) is 10.1. The van der Waals surface area contributed by atoms with Crippen LogP contribution in [0.1, 0.15) is 0 Å². The van der Waals surface area contributed by atoms with Gasteiger partial charge in [0.05, 0.1) is 11.4 Å². The van der Waals surface area contributed by atoms with E-state index in [0.29, 0.717) is 11.4 Å². The van der Waals surface area contributed by atoms with Crippen LogP contribution in [0, 0.1) is 0 Å². The summed E-state index contributed by atoms with van der Waals surface area (Å²) in [5.41, 5.74) is 0.630. The fraction of sp³-hybridized carbons (Fsp3) is 0. The van der Waals surface area contributed by atoms with Gasteiger partial charge in [0.15, 0.2) is 0 Å². The van der Waals surface area contributed by atoms with Gasteiger partial charge in [0, 0.05) is 24.3 Å². The van der Waals surface area contributed by atoms with Crippen LogP contribution in [0.15, 0.2) is 48.6 Å². The summed E-state index contributed by atoms with van der Waals surface area (Å²) in [7, 11) is 0. The van der Waals surface area contributed by atoms with Crippen molar-refractivity contribution >= 4 is 35.0 Å². The fourth-order valence-electron chi connectivity index (χ4n) is 2.08. The highest BCUT2D eigenvalue weighted by Gasteiger charge is 2.28. The lowest BCUT2D eigenvalue weighted by Crippen LogP contribution is -2.31. The Kier molecular flexibility index (Phi) is 2.57. The van der Waals surface area contributed by atoms with Crippen LogP contribution in [0.25, 0.3) is 0 Å². The van der Waals surface area contributed by atoms with Crippen molar-refractivity contribution in [3.05, 3.63) is 48.6 Å². The Labute approximate surface area is 113 Å². The molecule has 20 heavy (non-hydrogen) atoms. The molecule has 0 N–H and O–H groups in total. The number of hydrogen-bond donors (Lipinski definition) is 0. The molecule has 2 aliphatic heterocycles. The number of benzene rings is 1. The third kappa shape index (κ3) is 1.74. The van der Waals surface area contributed by atoms with Crippen LogP contribution in [0.3, 0.4) is 0 Å². The van der Waals surface area contributed by atoms with E-state index in [1.807, 2.05) is 0 Å². The third-order valence-electron chi connectivity index (χ3n) is 2.96. The fourth-order valence-corrected chi connectivity index (χ4v) is 2.08. The Balaban J connectivity index is 1.99. The summed E-state index contributed by atoms with van der Waals surface area (Å²) in [6, 6.07) is 6.14. The maximum absolute atomic E-state index is 11.6. The second-order valence-electron chi connectivity index (χ2n) is 4.21. The van der Waals surface area contributed by atoms with E-state index in [4.69, 9.17) is 0 Å². The molecule has 1 aromatic carbocycles. The molecule has 0 aromatic heterocycles. The van der Waals surface area contributed by atoms with Gasteiger partial charge in [-0.15, -0.1) is 0 Å². The predicted molar refractivity (Wildman–Crippen MR) is 69.7 cm³/mol. The van der Waals surface area contributed by atoms with E-state index < -0.39 is 23.6 Å². The van der Waals surface area contributed by atoms with Crippen LogP contribution in [0.4, 0.5) is 11.4 Å². The zero-order valence-electron chi connectivity index (χ0n) is 10.1. The molecule has 4 amide bonds. The van der Waals surface area contributed by atoms with Gasteiger partial charge in [0.25, 0.3) is 23.6 Å². The molecular formula is C14H8N2O4. The van der Waals surface area contributed by atoms with Crippen LogP contribution in [-0.4, -0.2) is 23.6 Å². The lowest BCUT2D eigenvalue weighted by atomic mass is 10.2. The Bertz CT molecular complexity index is 624. The summed E-state index contributed by atoms with van der Waals surface area (Å²) in [6.45, 7) is 0. The minimum atomic E-state index is -0.454. The molecule has 0 atom stereocenters. The van der Waals surface area contributed by atoms with Gasteiger partial charge in [-0.25, -0.2) is 9.80 Å². The quantitative estimate of drug-likeness (QED) is 0.734. The molecule has 0 fully saturated rings. The first kappa shape index (κ1) is 12.0. The maximum Gasteiger partial charge on any atom is 0.258 e. The first-order chi connectivity index (χ1) is 9.58. The Morgan fingerprint density at radius 2 is 0.950 bits per heavy atom. The summed E-state index contributed by atoms with van der Waals surface area (Å²) >= 11 is 0. The number of hydrogen-bond acceptors (Lipinski definition) is 4. The minimum Gasteiger partial charge on any atom is -0.269 e. The van der Waals surface area contributed by atoms with E-state index >= 15 is 0 Å². The standard InChI is InChI=1S/C14H8N2O4/c17-11-4-5-12(18)15(11)9-2-1-3-10(8-9)16-13(19)6-7-14(16)20/h1-8H. The molecule has 0 bridgehead atoms. The molecule has 0 radical (unpaired) electrons. The molecule has 98 valence electrons. The maximum atomic E-state index is 11.6. The van der Waals surface area contributed by atoms with E-state index in [2.05, 4.69) is 0 Å². The smallest absolute Gasteiger partial charge is 0.258 e. The van der Waals surface area contributed by atoms with Crippen molar-refractivity contribution in [2.75, 3.05) is 9.80 Å². The Morgan fingerprint density at radius 3 is 1.30 bits per heavy atom. The summed E-state index contributed by atoms with van der Waals surface area (Å²) in [4.78, 5) is 48.4. The van der Waals surface area contributed by atoms with Gasteiger partial charge in [0.1, 0.15) is 0 Å². The second-order valence-corrected chi connectivity index (χ2v) is 4.21. The number of carbonyl (C=O) groups is 4. The van der Waals surface area contributed by atoms with Crippen LogP contribution in [0.2, 0.25) is 0 Å². The number of carbonyl (C=O) groups excluding carboxylic acids is 4. The van der Waals surface area contributed by atoms with E-state index in [0.717, 1.165) is 9.80 Å². The number of anilines is 2. The summed E-state index contributed by atoms with van der Waals surface area (Å²) in [6.07, 6.45) is 4.68. The van der Waals surface area contributed by atoms with Crippen molar-refractivity contribution in [1.29, 1.82) is 0 Å². The molecule has 2 heterocycles. The molecule has 0 aliphatic carbocycles. The van der Waals surface area contributed by atoms with Gasteiger partial charge in [-0.05, 0) is 18.2 Å². The van der Waals surface area contributed by atoms with Crippen molar-refractivity contribution in [1.82, 2.24) is 0 Å². The monoisotopic (exact) mass is 268 g/mol. The van der Waals surface area contributed by atoms with E-state index in [9.17, 15) is 19.2 Å². The molecule has 1 aromatic rings. The molecule has 2 aliphatic rings. The van der Waals surface area contributed by atoms with Crippen LogP contribution in [-0.2, 0) is 19.2 Å². The van der Waals surface area contributed by atoms with Gasteiger partial charge < -0.3 is 0 Å². The topological polar surface area (TPSA) is 74.8 Å². The van der Waals surface area contributed by atoms with Crippen molar-refractivity contribution in [3.63, 3.8) is 0 Å². The minimum absolute atomic E-state index is 0.315. The molecule has 0 spiro atoms. The number of imide groups is 2. The van der Waals surface area contributed by atoms with Gasteiger partial charge in [-0.3, -0.25) is 19.2 Å². The van der Waals surface area contributed by atoms with Gasteiger partial charge in [-0.2, -0.15) is 0 Å². The summed E-state index contributed by atoms with van der Waals surface area (Å²) in [5, 5.41) is 0. The number of amides is 4. The average molecular weight is 268 g/mol. The van der Waals surface area contributed by atoms with Crippen LogP contribution in [0.5, 0.6) is 0 Å². The highest BCUT2D eigenvalue weighted by Crippen LogP contribution is 2.26. The third-order valence-corrected chi connectivity index (χ3v) is 2.96. The number of nitrogens with zero attached hydrogens (tertiary/aromatic N) is 2. The highest BCUT2D eigenvalue weighted by atomic mass is 16.2. The Morgan fingerprint density at radius 1 is 0.600 bits per heavy atom. The molecule has 6 nitrogen and oxygen atoms in total. The largest absolute Gasteiger partial charge is 0.269 e. The zero-order chi connectivity index (χ0) is 14.3. The normalized spacial score (nSPS) is 17.8. The van der Waals surface area contributed by atoms with E-state index in [-0.39, 0.29) is 0 Å². The lowest BCUT2D eigenvalue weighted by molar-refractivity contribution is -0.121. The Hall–Kier alpha value is -3.02. The average Bonchev–Trinajstić information content (AvgIpc) is 2.93. The van der Waals surface area contributed by atoms with Crippen molar-refractivity contribution in [3.8, 4) is 0 Å². The predicted octanol–water partition coefficient (Wildman–Crippen LogP) is 0.545. The van der Waals surface area contributed by atoms with Crippen molar-refractivity contribution < 1.29 is 19.2 Å². The van der Waals surface area contributed by atoms with Gasteiger partial charge in [0.2, 0.25) is 0 Å². The number of rotatable bonds is 2. The van der Waals surface area contributed by atoms with Gasteiger partial charge in [-0.1, -0.05) is 6.07 Å². The molecule has 6 heteroatoms. The van der Waals surface area contributed by atoms with Gasteiger partial charge >= 0.3 is 0 Å².